The molecular formula is C22H19FN4OS. The molecule has 0 unspecified atom stereocenters. The maximum Gasteiger partial charge on any atom is 0.281 e. The van der Waals surface area contributed by atoms with Crippen LogP contribution in [-0.4, -0.2) is 20.8 Å². The number of nitrogens with one attached hydrogen (secondary N) is 1. The Morgan fingerprint density at radius 1 is 1.00 bits per heavy atom. The first-order valence-corrected chi connectivity index (χ1v) is 9.52. The van der Waals surface area contributed by atoms with Gasteiger partial charge in [0.25, 0.3) is 5.91 Å². The second kappa shape index (κ2) is 7.25. The summed E-state index contributed by atoms with van der Waals surface area (Å²) in [5.41, 5.74) is 5.38. The van der Waals surface area contributed by atoms with Crippen LogP contribution in [0.5, 0.6) is 0 Å². The standard InChI is InChI=1S/C22H19FN4OS/c1-13-4-8-17(9-5-13)26-21(28)20(24-22(26)29)12-19-14(2)25-27(15(19)3)18-10-6-16(23)7-11-18/h4-12H,1-3H3,(H,24,29)/b20-12-. The molecule has 2 heterocycles. The highest BCUT2D eigenvalue weighted by molar-refractivity contribution is 7.80. The molecule has 0 radical (unpaired) electrons. The van der Waals surface area contributed by atoms with Crippen molar-refractivity contribution in [2.75, 3.05) is 4.90 Å². The first kappa shape index (κ1) is 19.0. The van der Waals surface area contributed by atoms with Crippen molar-refractivity contribution in [3.8, 4) is 5.69 Å². The number of anilines is 1. The minimum absolute atomic E-state index is 0.216. The summed E-state index contributed by atoms with van der Waals surface area (Å²) in [5, 5.41) is 7.89. The van der Waals surface area contributed by atoms with Crippen LogP contribution < -0.4 is 10.2 Å². The van der Waals surface area contributed by atoms with Gasteiger partial charge in [0, 0.05) is 11.3 Å². The Morgan fingerprint density at radius 3 is 2.28 bits per heavy atom. The topological polar surface area (TPSA) is 50.2 Å². The van der Waals surface area contributed by atoms with Gasteiger partial charge in [0.2, 0.25) is 0 Å². The summed E-state index contributed by atoms with van der Waals surface area (Å²) in [6, 6.07) is 13.7. The zero-order valence-electron chi connectivity index (χ0n) is 16.2. The van der Waals surface area contributed by atoms with E-state index in [1.165, 1.54) is 17.0 Å². The molecule has 0 atom stereocenters. The molecule has 5 nitrogen and oxygen atoms in total. The summed E-state index contributed by atoms with van der Waals surface area (Å²) in [4.78, 5) is 14.5. The molecule has 3 aromatic rings. The van der Waals surface area contributed by atoms with Crippen LogP contribution in [0.15, 0.2) is 54.2 Å². The van der Waals surface area contributed by atoms with Crippen molar-refractivity contribution in [2.24, 2.45) is 0 Å². The molecule has 1 aliphatic rings. The third-order valence-electron chi connectivity index (χ3n) is 4.88. The first-order chi connectivity index (χ1) is 13.8. The van der Waals surface area contributed by atoms with Crippen molar-refractivity contribution in [3.63, 3.8) is 0 Å². The van der Waals surface area contributed by atoms with Crippen LogP contribution in [0.3, 0.4) is 0 Å². The van der Waals surface area contributed by atoms with Crippen LogP contribution in [0.25, 0.3) is 11.8 Å². The predicted molar refractivity (Wildman–Crippen MR) is 115 cm³/mol. The molecule has 1 fully saturated rings. The molecule has 0 bridgehead atoms. The van der Waals surface area contributed by atoms with E-state index in [9.17, 15) is 9.18 Å². The zero-order chi connectivity index (χ0) is 20.7. The normalized spacial score (nSPS) is 15.3. The number of benzene rings is 2. The fraction of sp³-hybridized carbons (Fsp3) is 0.136. The molecule has 0 spiro atoms. The van der Waals surface area contributed by atoms with Gasteiger partial charge in [0.05, 0.1) is 17.1 Å². The number of carbonyl (C=O) groups excluding carboxylic acids is 1. The lowest BCUT2D eigenvalue weighted by molar-refractivity contribution is -0.113. The van der Waals surface area contributed by atoms with Gasteiger partial charge in [-0.3, -0.25) is 9.69 Å². The summed E-state index contributed by atoms with van der Waals surface area (Å²) >= 11 is 5.38. The summed E-state index contributed by atoms with van der Waals surface area (Å²) in [6.45, 7) is 5.77. The molecule has 7 heteroatoms. The minimum Gasteiger partial charge on any atom is -0.327 e. The van der Waals surface area contributed by atoms with Gasteiger partial charge in [0.15, 0.2) is 5.11 Å². The van der Waals surface area contributed by atoms with E-state index < -0.39 is 0 Å². The van der Waals surface area contributed by atoms with E-state index in [0.29, 0.717) is 10.8 Å². The molecule has 1 aromatic heterocycles. The molecule has 1 saturated heterocycles. The zero-order valence-corrected chi connectivity index (χ0v) is 17.0. The Bertz CT molecular complexity index is 1150. The van der Waals surface area contributed by atoms with Crippen molar-refractivity contribution < 1.29 is 9.18 Å². The Kier molecular flexibility index (Phi) is 4.76. The fourth-order valence-electron chi connectivity index (χ4n) is 3.31. The fourth-order valence-corrected chi connectivity index (χ4v) is 3.60. The van der Waals surface area contributed by atoms with Gasteiger partial charge in [-0.25, -0.2) is 9.07 Å². The largest absolute Gasteiger partial charge is 0.327 e. The van der Waals surface area contributed by atoms with Crippen molar-refractivity contribution in [2.45, 2.75) is 20.8 Å². The smallest absolute Gasteiger partial charge is 0.281 e. The number of amides is 1. The van der Waals surface area contributed by atoms with E-state index >= 15 is 0 Å². The van der Waals surface area contributed by atoms with Gasteiger partial charge >= 0.3 is 0 Å². The first-order valence-electron chi connectivity index (χ1n) is 9.11. The van der Waals surface area contributed by atoms with Crippen molar-refractivity contribution in [1.82, 2.24) is 15.1 Å². The highest BCUT2D eigenvalue weighted by Gasteiger charge is 2.32. The second-order valence-corrected chi connectivity index (χ2v) is 7.32. The lowest BCUT2D eigenvalue weighted by Crippen LogP contribution is -2.30. The van der Waals surface area contributed by atoms with Gasteiger partial charge < -0.3 is 5.32 Å². The van der Waals surface area contributed by atoms with E-state index in [2.05, 4.69) is 10.4 Å². The molecule has 0 saturated carbocycles. The van der Waals surface area contributed by atoms with Crippen LogP contribution >= 0.6 is 12.2 Å². The number of thiocarbonyl (C=S) groups is 1. The highest BCUT2D eigenvalue weighted by Crippen LogP contribution is 2.25. The van der Waals surface area contributed by atoms with Gasteiger partial charge in [-0.1, -0.05) is 17.7 Å². The quantitative estimate of drug-likeness (QED) is 0.523. The second-order valence-electron chi connectivity index (χ2n) is 6.94. The molecule has 29 heavy (non-hydrogen) atoms. The van der Waals surface area contributed by atoms with Crippen molar-refractivity contribution >= 4 is 35.0 Å². The number of aryl methyl sites for hydroxylation is 2. The molecule has 1 N–H and O–H groups in total. The van der Waals surface area contributed by atoms with Gasteiger partial charge in [-0.05, 0) is 75.5 Å². The van der Waals surface area contributed by atoms with Crippen LogP contribution in [0.1, 0.15) is 22.5 Å². The van der Waals surface area contributed by atoms with Crippen molar-refractivity contribution in [3.05, 3.63) is 82.6 Å². The van der Waals surface area contributed by atoms with Crippen molar-refractivity contribution in [1.29, 1.82) is 0 Å². The number of hydrogen-bond acceptors (Lipinski definition) is 3. The number of rotatable bonds is 3. The van der Waals surface area contributed by atoms with Crippen LogP contribution in [-0.2, 0) is 4.79 Å². The Hall–Kier alpha value is -3.32. The summed E-state index contributed by atoms with van der Waals surface area (Å²) < 4.78 is 15.0. The number of nitrogens with zero attached hydrogens (tertiary/aromatic N) is 3. The third-order valence-corrected chi connectivity index (χ3v) is 5.16. The van der Waals surface area contributed by atoms with E-state index in [1.54, 1.807) is 22.9 Å². The minimum atomic E-state index is -0.303. The summed E-state index contributed by atoms with van der Waals surface area (Å²) in [7, 11) is 0. The summed E-state index contributed by atoms with van der Waals surface area (Å²) in [6.07, 6.45) is 1.76. The number of hydrogen-bond donors (Lipinski definition) is 1. The number of halogens is 1. The SMILES string of the molecule is Cc1ccc(N2C(=O)/C(=C/c3c(C)nn(-c4ccc(F)cc4)c3C)NC2=S)cc1. The lowest BCUT2D eigenvalue weighted by atomic mass is 10.1. The van der Waals surface area contributed by atoms with Crippen LogP contribution in [0.2, 0.25) is 0 Å². The molecule has 146 valence electrons. The lowest BCUT2D eigenvalue weighted by Gasteiger charge is -2.13. The molecule has 2 aromatic carbocycles. The third kappa shape index (κ3) is 3.45. The molecular weight excluding hydrogens is 387 g/mol. The molecule has 1 aliphatic heterocycles. The Labute approximate surface area is 173 Å². The van der Waals surface area contributed by atoms with Gasteiger partial charge in [0.1, 0.15) is 11.5 Å². The summed E-state index contributed by atoms with van der Waals surface area (Å²) in [5.74, 6) is -0.518. The average Bonchev–Trinajstić information content (AvgIpc) is 3.13. The number of carbonyl (C=O) groups is 1. The van der Waals surface area contributed by atoms with E-state index in [-0.39, 0.29) is 11.7 Å². The van der Waals surface area contributed by atoms with E-state index in [1.807, 2.05) is 45.0 Å². The molecule has 4 rings (SSSR count). The average molecular weight is 406 g/mol. The predicted octanol–water partition coefficient (Wildman–Crippen LogP) is 4.20. The van der Waals surface area contributed by atoms with E-state index in [0.717, 1.165) is 33.9 Å². The maximum atomic E-state index is 13.2. The van der Waals surface area contributed by atoms with Gasteiger partial charge in [-0.15, -0.1) is 0 Å². The monoisotopic (exact) mass is 406 g/mol. The maximum absolute atomic E-state index is 13.2. The Morgan fingerprint density at radius 2 is 1.62 bits per heavy atom. The van der Waals surface area contributed by atoms with E-state index in [4.69, 9.17) is 12.2 Å². The van der Waals surface area contributed by atoms with Crippen LogP contribution in [0.4, 0.5) is 10.1 Å². The Balaban J connectivity index is 1.70. The van der Waals surface area contributed by atoms with Crippen LogP contribution in [0, 0.1) is 26.6 Å². The van der Waals surface area contributed by atoms with Gasteiger partial charge in [-0.2, -0.15) is 5.10 Å². The number of aromatic nitrogens is 2. The molecule has 1 amide bonds. The molecule has 0 aliphatic carbocycles. The highest BCUT2D eigenvalue weighted by atomic mass is 32.1.